The highest BCUT2D eigenvalue weighted by Gasteiger charge is 2.27. The van der Waals surface area contributed by atoms with E-state index >= 15 is 0 Å². The molecular formula is C20H25ClN2O. The molecule has 1 heterocycles. The van der Waals surface area contributed by atoms with Crippen LogP contribution in [0.15, 0.2) is 60.7 Å². The number of halogens is 1. The standard InChI is InChI=1S/C20H24N2O.ClH/c23-20(19-11-13-21-15-19)22(16-18-9-5-2-6-10-18)14-12-17-7-3-1-4-8-17;/h1-10,19,21H,11-16H2;1H. The second kappa shape index (κ2) is 9.45. The van der Waals surface area contributed by atoms with E-state index in [0.717, 1.165) is 32.5 Å². The molecule has 128 valence electrons. The van der Waals surface area contributed by atoms with Gasteiger partial charge in [-0.1, -0.05) is 60.7 Å². The summed E-state index contributed by atoms with van der Waals surface area (Å²) in [5.74, 6) is 0.421. The third kappa shape index (κ3) is 5.08. The first-order valence-electron chi connectivity index (χ1n) is 8.40. The highest BCUT2D eigenvalue weighted by atomic mass is 35.5. The topological polar surface area (TPSA) is 32.3 Å². The van der Waals surface area contributed by atoms with E-state index in [1.54, 1.807) is 0 Å². The van der Waals surface area contributed by atoms with Crippen LogP contribution in [0, 0.1) is 5.92 Å². The molecule has 0 saturated carbocycles. The van der Waals surface area contributed by atoms with Crippen LogP contribution in [0.5, 0.6) is 0 Å². The van der Waals surface area contributed by atoms with Crippen LogP contribution in [0.4, 0.5) is 0 Å². The summed E-state index contributed by atoms with van der Waals surface area (Å²) in [7, 11) is 0. The second-order valence-electron chi connectivity index (χ2n) is 6.17. The summed E-state index contributed by atoms with van der Waals surface area (Å²) in [5, 5.41) is 3.30. The number of carbonyl (C=O) groups is 1. The van der Waals surface area contributed by atoms with Crippen LogP contribution in [0.2, 0.25) is 0 Å². The maximum atomic E-state index is 12.9. The van der Waals surface area contributed by atoms with Crippen molar-refractivity contribution in [2.75, 3.05) is 19.6 Å². The molecule has 1 N–H and O–H groups in total. The maximum Gasteiger partial charge on any atom is 0.227 e. The van der Waals surface area contributed by atoms with Crippen LogP contribution in [-0.2, 0) is 17.8 Å². The molecule has 0 aliphatic carbocycles. The lowest BCUT2D eigenvalue weighted by atomic mass is 10.1. The summed E-state index contributed by atoms with van der Waals surface area (Å²) in [4.78, 5) is 14.9. The minimum Gasteiger partial charge on any atom is -0.338 e. The molecule has 3 rings (SSSR count). The third-order valence-electron chi connectivity index (χ3n) is 4.45. The number of rotatable bonds is 6. The fourth-order valence-corrected chi connectivity index (χ4v) is 3.10. The van der Waals surface area contributed by atoms with Gasteiger partial charge in [-0.05, 0) is 30.5 Å². The van der Waals surface area contributed by atoms with Gasteiger partial charge in [0.25, 0.3) is 0 Å². The molecule has 1 atom stereocenters. The average molecular weight is 345 g/mol. The molecule has 1 unspecified atom stereocenters. The zero-order valence-electron chi connectivity index (χ0n) is 13.9. The van der Waals surface area contributed by atoms with Gasteiger partial charge in [-0.25, -0.2) is 0 Å². The Hall–Kier alpha value is -1.84. The molecule has 1 amide bonds. The van der Waals surface area contributed by atoms with E-state index in [-0.39, 0.29) is 24.2 Å². The van der Waals surface area contributed by atoms with Crippen molar-refractivity contribution in [1.82, 2.24) is 10.2 Å². The fourth-order valence-electron chi connectivity index (χ4n) is 3.10. The lowest BCUT2D eigenvalue weighted by Crippen LogP contribution is -2.38. The van der Waals surface area contributed by atoms with Crippen molar-refractivity contribution < 1.29 is 4.79 Å². The van der Waals surface area contributed by atoms with Gasteiger partial charge in [0.05, 0.1) is 5.92 Å². The monoisotopic (exact) mass is 344 g/mol. The van der Waals surface area contributed by atoms with Gasteiger partial charge < -0.3 is 10.2 Å². The van der Waals surface area contributed by atoms with E-state index < -0.39 is 0 Å². The summed E-state index contributed by atoms with van der Waals surface area (Å²) >= 11 is 0. The fraction of sp³-hybridized carbons (Fsp3) is 0.350. The predicted octanol–water partition coefficient (Wildman–Crippen LogP) is 3.29. The Labute approximate surface area is 150 Å². The van der Waals surface area contributed by atoms with Gasteiger partial charge >= 0.3 is 0 Å². The Morgan fingerprint density at radius 1 is 1.00 bits per heavy atom. The minimum absolute atomic E-state index is 0. The van der Waals surface area contributed by atoms with Gasteiger partial charge in [0.15, 0.2) is 0 Å². The SMILES string of the molecule is Cl.O=C(C1CCNC1)N(CCc1ccccc1)Cc1ccccc1. The maximum absolute atomic E-state index is 12.9. The quantitative estimate of drug-likeness (QED) is 0.872. The first-order valence-corrected chi connectivity index (χ1v) is 8.40. The van der Waals surface area contributed by atoms with E-state index in [1.807, 2.05) is 29.2 Å². The van der Waals surface area contributed by atoms with Crippen molar-refractivity contribution in [3.63, 3.8) is 0 Å². The first kappa shape index (κ1) is 18.5. The third-order valence-corrected chi connectivity index (χ3v) is 4.45. The lowest BCUT2D eigenvalue weighted by molar-refractivity contribution is -0.135. The average Bonchev–Trinajstić information content (AvgIpc) is 3.14. The molecule has 4 heteroatoms. The van der Waals surface area contributed by atoms with Crippen molar-refractivity contribution in [3.8, 4) is 0 Å². The molecule has 3 nitrogen and oxygen atoms in total. The number of amides is 1. The van der Waals surface area contributed by atoms with Gasteiger partial charge in [0.1, 0.15) is 0 Å². The summed E-state index contributed by atoms with van der Waals surface area (Å²) in [6, 6.07) is 20.7. The van der Waals surface area contributed by atoms with Crippen molar-refractivity contribution in [1.29, 1.82) is 0 Å². The van der Waals surface area contributed by atoms with Crippen LogP contribution in [0.25, 0.3) is 0 Å². The molecule has 0 aromatic heterocycles. The van der Waals surface area contributed by atoms with Gasteiger partial charge in [-0.15, -0.1) is 12.4 Å². The largest absolute Gasteiger partial charge is 0.338 e. The molecule has 0 radical (unpaired) electrons. The number of nitrogens with one attached hydrogen (secondary N) is 1. The number of benzene rings is 2. The Morgan fingerprint density at radius 2 is 1.62 bits per heavy atom. The number of carbonyl (C=O) groups excluding carboxylic acids is 1. The first-order chi connectivity index (χ1) is 11.3. The normalized spacial score (nSPS) is 16.4. The van der Waals surface area contributed by atoms with Crippen molar-refractivity contribution in [2.45, 2.75) is 19.4 Å². The highest BCUT2D eigenvalue weighted by molar-refractivity contribution is 5.85. The number of nitrogens with zero attached hydrogens (tertiary/aromatic N) is 1. The molecule has 0 spiro atoms. The number of hydrogen-bond donors (Lipinski definition) is 1. The Kier molecular flexibility index (Phi) is 7.29. The second-order valence-corrected chi connectivity index (χ2v) is 6.17. The van der Waals surface area contributed by atoms with Crippen LogP contribution >= 0.6 is 12.4 Å². The molecule has 1 saturated heterocycles. The minimum atomic E-state index is 0. The summed E-state index contributed by atoms with van der Waals surface area (Å²) in [5.41, 5.74) is 2.47. The lowest BCUT2D eigenvalue weighted by Gasteiger charge is -2.26. The zero-order chi connectivity index (χ0) is 15.9. The Bertz CT molecular complexity index is 612. The molecule has 1 aliphatic heterocycles. The van der Waals surface area contributed by atoms with Crippen molar-refractivity contribution in [2.24, 2.45) is 5.92 Å². The van der Waals surface area contributed by atoms with E-state index in [9.17, 15) is 4.79 Å². The van der Waals surface area contributed by atoms with E-state index in [2.05, 4.69) is 41.7 Å². The summed E-state index contributed by atoms with van der Waals surface area (Å²) in [6.45, 7) is 3.24. The summed E-state index contributed by atoms with van der Waals surface area (Å²) < 4.78 is 0. The molecule has 24 heavy (non-hydrogen) atoms. The Balaban J connectivity index is 0.00000208. The highest BCUT2D eigenvalue weighted by Crippen LogP contribution is 2.15. The van der Waals surface area contributed by atoms with E-state index in [4.69, 9.17) is 0 Å². The van der Waals surface area contributed by atoms with E-state index in [0.29, 0.717) is 6.54 Å². The zero-order valence-corrected chi connectivity index (χ0v) is 14.7. The van der Waals surface area contributed by atoms with Crippen molar-refractivity contribution >= 4 is 18.3 Å². The van der Waals surface area contributed by atoms with Crippen molar-refractivity contribution in [3.05, 3.63) is 71.8 Å². The van der Waals surface area contributed by atoms with Gasteiger partial charge in [-0.2, -0.15) is 0 Å². The molecule has 2 aromatic rings. The summed E-state index contributed by atoms with van der Waals surface area (Å²) in [6.07, 6.45) is 1.86. The predicted molar refractivity (Wildman–Crippen MR) is 100 cm³/mol. The van der Waals surface area contributed by atoms with Crippen LogP contribution in [-0.4, -0.2) is 30.4 Å². The van der Waals surface area contributed by atoms with Gasteiger partial charge in [0.2, 0.25) is 5.91 Å². The smallest absolute Gasteiger partial charge is 0.227 e. The molecule has 0 bridgehead atoms. The molecular weight excluding hydrogens is 320 g/mol. The van der Waals surface area contributed by atoms with Gasteiger partial charge in [-0.3, -0.25) is 4.79 Å². The van der Waals surface area contributed by atoms with Crippen LogP contribution < -0.4 is 5.32 Å². The molecule has 1 fully saturated rings. The van der Waals surface area contributed by atoms with Crippen LogP contribution in [0.1, 0.15) is 17.5 Å². The Morgan fingerprint density at radius 3 is 2.21 bits per heavy atom. The number of hydrogen-bond acceptors (Lipinski definition) is 2. The van der Waals surface area contributed by atoms with E-state index in [1.165, 1.54) is 11.1 Å². The van der Waals surface area contributed by atoms with Crippen LogP contribution in [0.3, 0.4) is 0 Å². The van der Waals surface area contributed by atoms with Gasteiger partial charge in [0, 0.05) is 19.6 Å². The molecule has 1 aliphatic rings. The molecule has 2 aromatic carbocycles.